The van der Waals surface area contributed by atoms with Crippen LogP contribution in [-0.2, 0) is 6.54 Å². The predicted octanol–water partition coefficient (Wildman–Crippen LogP) is 3.96. The van der Waals surface area contributed by atoms with Crippen LogP contribution >= 0.6 is 0 Å². The normalized spacial score (nSPS) is 14.4. The lowest BCUT2D eigenvalue weighted by Gasteiger charge is -2.35. The molecule has 0 aromatic heterocycles. The summed E-state index contributed by atoms with van der Waals surface area (Å²) in [4.78, 5) is 31.4. The molecular formula is C25H32FN3O2. The Morgan fingerprint density at radius 3 is 1.94 bits per heavy atom. The molecule has 6 heteroatoms. The third-order valence-electron chi connectivity index (χ3n) is 6.00. The van der Waals surface area contributed by atoms with E-state index in [-0.39, 0.29) is 17.6 Å². The number of amides is 2. The van der Waals surface area contributed by atoms with Crippen LogP contribution in [0, 0.1) is 12.7 Å². The zero-order chi connectivity index (χ0) is 22.5. The summed E-state index contributed by atoms with van der Waals surface area (Å²) >= 11 is 0. The van der Waals surface area contributed by atoms with E-state index in [0.717, 1.165) is 13.1 Å². The fraction of sp³-hybridized carbons (Fsp3) is 0.440. The maximum atomic E-state index is 13.8. The minimum atomic E-state index is -0.376. The van der Waals surface area contributed by atoms with E-state index < -0.39 is 0 Å². The molecule has 2 aromatic carbocycles. The average Bonchev–Trinajstić information content (AvgIpc) is 2.78. The number of benzene rings is 2. The number of piperazine rings is 1. The van der Waals surface area contributed by atoms with Gasteiger partial charge in [-0.05, 0) is 62.7 Å². The largest absolute Gasteiger partial charge is 0.335 e. The number of aryl methyl sites for hydroxylation is 1. The Morgan fingerprint density at radius 1 is 0.935 bits per heavy atom. The monoisotopic (exact) mass is 425 g/mol. The molecule has 2 amide bonds. The van der Waals surface area contributed by atoms with E-state index in [1.807, 2.05) is 24.3 Å². The number of rotatable bonds is 6. The molecule has 0 spiro atoms. The molecule has 31 heavy (non-hydrogen) atoms. The summed E-state index contributed by atoms with van der Waals surface area (Å²) < 4.78 is 13.8. The number of carbonyl (C=O) groups excluding carboxylic acids is 2. The zero-order valence-corrected chi connectivity index (χ0v) is 18.9. The number of hydrogen-bond acceptors (Lipinski definition) is 3. The maximum absolute atomic E-state index is 13.8. The van der Waals surface area contributed by atoms with Crippen LogP contribution in [0.25, 0.3) is 0 Å². The Bertz CT molecular complexity index is 919. The van der Waals surface area contributed by atoms with E-state index in [2.05, 4.69) is 25.7 Å². The fourth-order valence-corrected chi connectivity index (χ4v) is 3.85. The van der Waals surface area contributed by atoms with Gasteiger partial charge in [0.25, 0.3) is 11.8 Å². The average molecular weight is 426 g/mol. The zero-order valence-electron chi connectivity index (χ0n) is 18.9. The molecule has 0 N–H and O–H groups in total. The topological polar surface area (TPSA) is 43.9 Å². The maximum Gasteiger partial charge on any atom is 0.254 e. The third kappa shape index (κ3) is 5.50. The molecule has 1 aliphatic heterocycles. The van der Waals surface area contributed by atoms with Crippen molar-refractivity contribution >= 4 is 11.8 Å². The van der Waals surface area contributed by atoms with Crippen LogP contribution in [0.2, 0.25) is 0 Å². The molecule has 0 aliphatic carbocycles. The van der Waals surface area contributed by atoms with Crippen molar-refractivity contribution in [1.29, 1.82) is 0 Å². The quantitative estimate of drug-likeness (QED) is 0.704. The number of carbonyl (C=O) groups is 2. The Hall–Kier alpha value is -2.73. The van der Waals surface area contributed by atoms with Crippen molar-refractivity contribution < 1.29 is 14.0 Å². The molecule has 2 aromatic rings. The summed E-state index contributed by atoms with van der Waals surface area (Å²) in [5, 5.41) is 0. The fourth-order valence-electron chi connectivity index (χ4n) is 3.85. The van der Waals surface area contributed by atoms with Gasteiger partial charge in [0.1, 0.15) is 5.82 Å². The summed E-state index contributed by atoms with van der Waals surface area (Å²) in [6.45, 7) is 11.9. The predicted molar refractivity (Wildman–Crippen MR) is 121 cm³/mol. The summed E-state index contributed by atoms with van der Waals surface area (Å²) in [6.07, 6.45) is 0. The Labute approximate surface area is 184 Å². The first kappa shape index (κ1) is 22.9. The Morgan fingerprint density at radius 2 is 1.45 bits per heavy atom. The van der Waals surface area contributed by atoms with Crippen molar-refractivity contribution in [3.8, 4) is 0 Å². The van der Waals surface area contributed by atoms with E-state index in [0.29, 0.717) is 48.9 Å². The second-order valence-corrected chi connectivity index (χ2v) is 8.40. The highest BCUT2D eigenvalue weighted by molar-refractivity contribution is 5.96. The minimum absolute atomic E-state index is 0.0174. The van der Waals surface area contributed by atoms with Crippen molar-refractivity contribution in [2.75, 3.05) is 32.7 Å². The van der Waals surface area contributed by atoms with Gasteiger partial charge in [-0.1, -0.05) is 25.1 Å². The Balaban J connectivity index is 1.57. The Kier molecular flexibility index (Phi) is 7.44. The van der Waals surface area contributed by atoms with Crippen molar-refractivity contribution in [2.24, 2.45) is 0 Å². The molecule has 1 aliphatic rings. The molecule has 0 saturated carbocycles. The van der Waals surface area contributed by atoms with Gasteiger partial charge in [-0.15, -0.1) is 0 Å². The van der Waals surface area contributed by atoms with Gasteiger partial charge in [-0.2, -0.15) is 0 Å². The molecule has 166 valence electrons. The molecule has 5 nitrogen and oxygen atoms in total. The molecule has 1 fully saturated rings. The van der Waals surface area contributed by atoms with Crippen LogP contribution in [0.3, 0.4) is 0 Å². The van der Waals surface area contributed by atoms with Crippen LogP contribution in [0.4, 0.5) is 4.39 Å². The van der Waals surface area contributed by atoms with Crippen LogP contribution in [0.5, 0.6) is 0 Å². The first-order valence-corrected chi connectivity index (χ1v) is 11.0. The van der Waals surface area contributed by atoms with E-state index >= 15 is 0 Å². The van der Waals surface area contributed by atoms with Crippen LogP contribution < -0.4 is 0 Å². The second-order valence-electron chi connectivity index (χ2n) is 8.40. The summed E-state index contributed by atoms with van der Waals surface area (Å²) in [5.74, 6) is -0.587. The van der Waals surface area contributed by atoms with E-state index in [9.17, 15) is 14.0 Å². The van der Waals surface area contributed by atoms with Gasteiger partial charge >= 0.3 is 0 Å². The smallest absolute Gasteiger partial charge is 0.254 e. The van der Waals surface area contributed by atoms with Gasteiger partial charge in [0, 0.05) is 49.9 Å². The highest BCUT2D eigenvalue weighted by Gasteiger charge is 2.26. The van der Waals surface area contributed by atoms with Gasteiger partial charge in [0.15, 0.2) is 0 Å². The third-order valence-corrected chi connectivity index (χ3v) is 6.00. The summed E-state index contributed by atoms with van der Waals surface area (Å²) in [5.41, 5.74) is 2.72. The molecule has 0 radical (unpaired) electrons. The van der Waals surface area contributed by atoms with Crippen molar-refractivity contribution in [2.45, 2.75) is 40.3 Å². The van der Waals surface area contributed by atoms with Crippen LogP contribution in [-0.4, -0.2) is 65.3 Å². The lowest BCUT2D eigenvalue weighted by Crippen LogP contribution is -2.50. The molecular weight excluding hydrogens is 393 g/mol. The first-order valence-electron chi connectivity index (χ1n) is 11.0. The molecule has 0 bridgehead atoms. The SMILES string of the molecule is CCN(Cc1ccc(C(=O)N2CCN(C(=O)c3ccc(C)c(F)c3)CC2)cc1)C(C)C. The molecule has 0 unspecified atom stereocenters. The second kappa shape index (κ2) is 10.1. The number of halogens is 1. The van der Waals surface area contributed by atoms with E-state index in [4.69, 9.17) is 0 Å². The van der Waals surface area contributed by atoms with Crippen molar-refractivity contribution in [3.05, 3.63) is 70.5 Å². The lowest BCUT2D eigenvalue weighted by molar-refractivity contribution is 0.0535. The highest BCUT2D eigenvalue weighted by atomic mass is 19.1. The molecule has 1 saturated heterocycles. The van der Waals surface area contributed by atoms with E-state index in [1.165, 1.54) is 11.6 Å². The molecule has 1 heterocycles. The lowest BCUT2D eigenvalue weighted by atomic mass is 10.1. The van der Waals surface area contributed by atoms with Crippen molar-refractivity contribution in [1.82, 2.24) is 14.7 Å². The van der Waals surface area contributed by atoms with Gasteiger partial charge in [-0.25, -0.2) is 4.39 Å². The van der Waals surface area contributed by atoms with Gasteiger partial charge < -0.3 is 9.80 Å². The standard InChI is InChI=1S/C25H32FN3O2/c1-5-27(18(2)3)17-20-7-10-21(11-8-20)24(30)28-12-14-29(15-13-28)25(31)22-9-6-19(4)23(26)16-22/h6-11,16,18H,5,12-15,17H2,1-4H3. The minimum Gasteiger partial charge on any atom is -0.335 e. The van der Waals surface area contributed by atoms with Gasteiger partial charge in [0.05, 0.1) is 0 Å². The first-order chi connectivity index (χ1) is 14.8. The van der Waals surface area contributed by atoms with Gasteiger partial charge in [0.2, 0.25) is 0 Å². The number of hydrogen-bond donors (Lipinski definition) is 0. The summed E-state index contributed by atoms with van der Waals surface area (Å²) in [6, 6.07) is 12.8. The molecule has 0 atom stereocenters. The van der Waals surface area contributed by atoms with Crippen LogP contribution in [0.1, 0.15) is 52.6 Å². The van der Waals surface area contributed by atoms with Gasteiger partial charge in [-0.3, -0.25) is 14.5 Å². The molecule has 3 rings (SSSR count). The van der Waals surface area contributed by atoms with Crippen molar-refractivity contribution in [3.63, 3.8) is 0 Å². The van der Waals surface area contributed by atoms with E-state index in [1.54, 1.807) is 28.9 Å². The van der Waals surface area contributed by atoms with Crippen LogP contribution in [0.15, 0.2) is 42.5 Å². The highest BCUT2D eigenvalue weighted by Crippen LogP contribution is 2.16. The number of nitrogens with zero attached hydrogens (tertiary/aromatic N) is 3. The summed E-state index contributed by atoms with van der Waals surface area (Å²) in [7, 11) is 0.